The van der Waals surface area contributed by atoms with Gasteiger partial charge < -0.3 is 15.0 Å². The van der Waals surface area contributed by atoms with Crippen molar-refractivity contribution in [3.63, 3.8) is 0 Å². The number of nitrogens with one attached hydrogen (secondary N) is 1. The van der Waals surface area contributed by atoms with E-state index in [0.29, 0.717) is 31.5 Å². The molecule has 0 aromatic heterocycles. The molecule has 0 bridgehead atoms. The lowest BCUT2D eigenvalue weighted by Crippen LogP contribution is -2.44. The zero-order valence-corrected chi connectivity index (χ0v) is 16.7. The van der Waals surface area contributed by atoms with Crippen LogP contribution in [0.1, 0.15) is 70.4 Å². The maximum atomic E-state index is 13.0. The second-order valence-electron chi connectivity index (χ2n) is 7.59. The lowest BCUT2D eigenvalue weighted by Gasteiger charge is -2.31. The van der Waals surface area contributed by atoms with Gasteiger partial charge in [-0.2, -0.15) is 0 Å². The van der Waals surface area contributed by atoms with Gasteiger partial charge in [-0.25, -0.2) is 4.79 Å². The molecule has 1 aromatic carbocycles. The molecule has 1 atom stereocenters. The summed E-state index contributed by atoms with van der Waals surface area (Å²) < 4.78 is 5.08. The third kappa shape index (κ3) is 4.77. The van der Waals surface area contributed by atoms with Gasteiger partial charge in [0, 0.05) is 18.8 Å². The Morgan fingerprint density at radius 3 is 2.35 bits per heavy atom. The average molecular weight is 360 g/mol. The molecule has 1 unspecified atom stereocenters. The van der Waals surface area contributed by atoms with Crippen LogP contribution in [0, 0.1) is 5.92 Å². The van der Waals surface area contributed by atoms with Gasteiger partial charge in [-0.15, -0.1) is 0 Å². The fourth-order valence-corrected chi connectivity index (χ4v) is 3.49. The van der Waals surface area contributed by atoms with Crippen molar-refractivity contribution in [1.82, 2.24) is 4.90 Å². The molecule has 0 spiro atoms. The molecular formula is C21H32N2O3. The van der Waals surface area contributed by atoms with Crippen LogP contribution in [0.5, 0.6) is 0 Å². The largest absolute Gasteiger partial charge is 0.450 e. The Bertz CT molecular complexity index is 614. The number of hydrogen-bond acceptors (Lipinski definition) is 3. The first-order valence-electron chi connectivity index (χ1n) is 9.70. The van der Waals surface area contributed by atoms with E-state index in [1.165, 1.54) is 0 Å². The number of para-hydroxylation sites is 1. The molecule has 1 saturated heterocycles. The normalized spacial score (nSPS) is 17.5. The van der Waals surface area contributed by atoms with Crippen molar-refractivity contribution in [3.05, 3.63) is 29.3 Å². The standard InChI is InChI=1S/C21H32N2O3/c1-6-26-21(25)23-12-8-9-16(13-23)20(24)22-19-17(14(2)3)10-7-11-18(19)15(4)5/h7,10-11,14-16H,6,8-9,12-13H2,1-5H3,(H,22,24). The fourth-order valence-electron chi connectivity index (χ4n) is 3.49. The molecule has 1 aromatic rings. The summed E-state index contributed by atoms with van der Waals surface area (Å²) in [4.78, 5) is 26.6. The first kappa shape index (κ1) is 20.3. The smallest absolute Gasteiger partial charge is 0.409 e. The Labute approximate surface area is 157 Å². The van der Waals surface area contributed by atoms with Gasteiger partial charge in [0.05, 0.1) is 12.5 Å². The molecule has 1 aliphatic rings. The molecule has 0 aliphatic carbocycles. The SMILES string of the molecule is CCOC(=O)N1CCCC(C(=O)Nc2c(C(C)C)cccc2C(C)C)C1. The molecule has 1 heterocycles. The number of piperidine rings is 1. The average Bonchev–Trinajstić information content (AvgIpc) is 2.61. The minimum absolute atomic E-state index is 0.00556. The summed E-state index contributed by atoms with van der Waals surface area (Å²) in [5.41, 5.74) is 3.25. The fraction of sp³-hybridized carbons (Fsp3) is 0.619. The van der Waals surface area contributed by atoms with E-state index in [1.54, 1.807) is 11.8 Å². The van der Waals surface area contributed by atoms with Gasteiger partial charge >= 0.3 is 6.09 Å². The molecule has 2 rings (SSSR count). The molecule has 0 radical (unpaired) electrons. The van der Waals surface area contributed by atoms with Crippen LogP contribution < -0.4 is 5.32 Å². The predicted molar refractivity (Wildman–Crippen MR) is 105 cm³/mol. The number of anilines is 1. The van der Waals surface area contributed by atoms with Crippen molar-refractivity contribution in [2.24, 2.45) is 5.92 Å². The Morgan fingerprint density at radius 1 is 1.19 bits per heavy atom. The quantitative estimate of drug-likeness (QED) is 0.825. The molecule has 1 fully saturated rings. The molecule has 1 N–H and O–H groups in total. The van der Waals surface area contributed by atoms with Gasteiger partial charge in [-0.3, -0.25) is 4.79 Å². The lowest BCUT2D eigenvalue weighted by molar-refractivity contribution is -0.121. The molecule has 1 aliphatic heterocycles. The van der Waals surface area contributed by atoms with Crippen molar-refractivity contribution >= 4 is 17.7 Å². The van der Waals surface area contributed by atoms with E-state index in [4.69, 9.17) is 4.74 Å². The first-order chi connectivity index (χ1) is 12.3. The van der Waals surface area contributed by atoms with Crippen LogP contribution in [0.3, 0.4) is 0 Å². The first-order valence-corrected chi connectivity index (χ1v) is 9.70. The molecular weight excluding hydrogens is 328 g/mol. The second kappa shape index (κ2) is 9.06. The highest BCUT2D eigenvalue weighted by molar-refractivity contribution is 5.94. The number of carbonyl (C=O) groups is 2. The van der Waals surface area contributed by atoms with Crippen molar-refractivity contribution in [2.45, 2.75) is 59.3 Å². The Hall–Kier alpha value is -2.04. The van der Waals surface area contributed by atoms with Crippen LogP contribution in [-0.2, 0) is 9.53 Å². The maximum Gasteiger partial charge on any atom is 0.409 e. The summed E-state index contributed by atoms with van der Waals surface area (Å²) in [6.07, 6.45) is 1.29. The summed E-state index contributed by atoms with van der Waals surface area (Å²) in [6, 6.07) is 6.22. The second-order valence-corrected chi connectivity index (χ2v) is 7.59. The summed E-state index contributed by atoms with van der Waals surface area (Å²) in [7, 11) is 0. The van der Waals surface area contributed by atoms with Gasteiger partial charge in [-0.1, -0.05) is 45.9 Å². The minimum atomic E-state index is -0.324. The van der Waals surface area contributed by atoms with Gasteiger partial charge in [0.15, 0.2) is 0 Å². The highest BCUT2D eigenvalue weighted by Gasteiger charge is 2.30. The van der Waals surface area contributed by atoms with Gasteiger partial charge in [-0.05, 0) is 42.7 Å². The zero-order valence-electron chi connectivity index (χ0n) is 16.7. The van der Waals surface area contributed by atoms with E-state index < -0.39 is 0 Å². The number of ether oxygens (including phenoxy) is 1. The maximum absolute atomic E-state index is 13.0. The minimum Gasteiger partial charge on any atom is -0.450 e. The molecule has 26 heavy (non-hydrogen) atoms. The molecule has 2 amide bonds. The molecule has 0 saturated carbocycles. The summed E-state index contributed by atoms with van der Waals surface area (Å²) >= 11 is 0. The van der Waals surface area contributed by atoms with E-state index in [0.717, 1.165) is 29.7 Å². The van der Waals surface area contributed by atoms with E-state index >= 15 is 0 Å². The van der Waals surface area contributed by atoms with E-state index in [1.807, 2.05) is 0 Å². The van der Waals surface area contributed by atoms with Crippen molar-refractivity contribution < 1.29 is 14.3 Å². The third-order valence-electron chi connectivity index (χ3n) is 4.94. The highest BCUT2D eigenvalue weighted by atomic mass is 16.6. The van der Waals surface area contributed by atoms with Crippen LogP contribution in [0.2, 0.25) is 0 Å². The molecule has 5 nitrogen and oxygen atoms in total. The topological polar surface area (TPSA) is 58.6 Å². The number of rotatable bonds is 5. The van der Waals surface area contributed by atoms with Gasteiger partial charge in [0.2, 0.25) is 5.91 Å². The number of likely N-dealkylation sites (tertiary alicyclic amines) is 1. The highest BCUT2D eigenvalue weighted by Crippen LogP contribution is 2.33. The number of hydrogen-bond donors (Lipinski definition) is 1. The molecule has 144 valence electrons. The van der Waals surface area contributed by atoms with Crippen molar-refractivity contribution in [3.8, 4) is 0 Å². The molecule has 5 heteroatoms. The van der Waals surface area contributed by atoms with Crippen LogP contribution in [0.4, 0.5) is 10.5 Å². The van der Waals surface area contributed by atoms with Crippen LogP contribution in [0.15, 0.2) is 18.2 Å². The lowest BCUT2D eigenvalue weighted by atomic mass is 9.91. The Balaban J connectivity index is 2.18. The Morgan fingerprint density at radius 2 is 1.81 bits per heavy atom. The summed E-state index contributed by atoms with van der Waals surface area (Å²) in [5, 5.41) is 3.19. The van der Waals surface area contributed by atoms with Crippen LogP contribution in [0.25, 0.3) is 0 Å². The van der Waals surface area contributed by atoms with Gasteiger partial charge in [0.25, 0.3) is 0 Å². The van der Waals surface area contributed by atoms with E-state index in [9.17, 15) is 9.59 Å². The van der Waals surface area contributed by atoms with Crippen molar-refractivity contribution in [2.75, 3.05) is 25.0 Å². The Kier molecular flexibility index (Phi) is 7.06. The summed E-state index contributed by atoms with van der Waals surface area (Å²) in [6.45, 7) is 11.8. The number of carbonyl (C=O) groups excluding carboxylic acids is 2. The zero-order chi connectivity index (χ0) is 19.3. The number of nitrogens with zero attached hydrogens (tertiary/aromatic N) is 1. The summed E-state index contributed by atoms with van der Waals surface area (Å²) in [5.74, 6) is 0.445. The van der Waals surface area contributed by atoms with E-state index in [2.05, 4.69) is 51.2 Å². The predicted octanol–water partition coefficient (Wildman–Crippen LogP) is 4.74. The number of benzene rings is 1. The van der Waals surface area contributed by atoms with Crippen LogP contribution in [-0.4, -0.2) is 36.6 Å². The monoisotopic (exact) mass is 360 g/mol. The van der Waals surface area contributed by atoms with Crippen molar-refractivity contribution in [1.29, 1.82) is 0 Å². The van der Waals surface area contributed by atoms with Gasteiger partial charge in [0.1, 0.15) is 0 Å². The number of amides is 2. The van der Waals surface area contributed by atoms with Crippen LogP contribution >= 0.6 is 0 Å². The third-order valence-corrected chi connectivity index (χ3v) is 4.94. The van der Waals surface area contributed by atoms with E-state index in [-0.39, 0.29) is 17.9 Å².